The van der Waals surface area contributed by atoms with Gasteiger partial charge in [-0.15, -0.1) is 0 Å². The molecule has 0 bridgehead atoms. The number of hydrogen-bond acceptors (Lipinski definition) is 3. The monoisotopic (exact) mass is 247 g/mol. The third kappa shape index (κ3) is 3.47. The molecule has 2 unspecified atom stereocenters. The molecule has 18 heavy (non-hydrogen) atoms. The van der Waals surface area contributed by atoms with Gasteiger partial charge in [-0.05, 0) is 25.5 Å². The number of nitrogens with zero attached hydrogens (tertiary/aromatic N) is 1. The first kappa shape index (κ1) is 12.9. The van der Waals surface area contributed by atoms with Gasteiger partial charge in [0.05, 0.1) is 0 Å². The Hall–Kier alpha value is -1.55. The van der Waals surface area contributed by atoms with Gasteiger partial charge < -0.3 is 16.0 Å². The van der Waals surface area contributed by atoms with Crippen LogP contribution in [0.3, 0.4) is 0 Å². The van der Waals surface area contributed by atoms with Crippen LogP contribution in [0.1, 0.15) is 19.8 Å². The number of carbonyl (C=O) groups is 1. The molecule has 2 rings (SSSR count). The Kier molecular flexibility index (Phi) is 4.20. The summed E-state index contributed by atoms with van der Waals surface area (Å²) in [5.41, 5.74) is 6.84. The molecule has 0 spiro atoms. The maximum absolute atomic E-state index is 11.6. The molecule has 2 atom stereocenters. The fourth-order valence-electron chi connectivity index (χ4n) is 2.33. The molecule has 1 aromatic rings. The van der Waals surface area contributed by atoms with Crippen LogP contribution in [0.2, 0.25) is 0 Å². The average molecular weight is 247 g/mol. The summed E-state index contributed by atoms with van der Waals surface area (Å²) in [5.74, 6) is 0.0601. The lowest BCUT2D eigenvalue weighted by molar-refractivity contribution is -0.121. The van der Waals surface area contributed by atoms with Crippen LogP contribution in [-0.4, -0.2) is 31.1 Å². The molecule has 4 heteroatoms. The van der Waals surface area contributed by atoms with Gasteiger partial charge in [-0.3, -0.25) is 4.79 Å². The molecule has 98 valence electrons. The van der Waals surface area contributed by atoms with Crippen LogP contribution < -0.4 is 16.0 Å². The van der Waals surface area contributed by atoms with Crippen molar-refractivity contribution in [1.29, 1.82) is 0 Å². The largest absolute Gasteiger partial charge is 0.369 e. The molecule has 4 nitrogen and oxygen atoms in total. The van der Waals surface area contributed by atoms with E-state index in [0.717, 1.165) is 19.5 Å². The first-order chi connectivity index (χ1) is 8.65. The molecule has 0 radical (unpaired) electrons. The zero-order chi connectivity index (χ0) is 13.0. The van der Waals surface area contributed by atoms with Crippen molar-refractivity contribution in [2.75, 3.05) is 18.0 Å². The zero-order valence-electron chi connectivity index (χ0n) is 10.8. The summed E-state index contributed by atoms with van der Waals surface area (Å²) in [5, 5.41) is 3.05. The van der Waals surface area contributed by atoms with Crippen molar-refractivity contribution < 1.29 is 4.79 Å². The molecular formula is C14H21N3O. The maximum Gasteiger partial charge on any atom is 0.221 e. The third-order valence-electron chi connectivity index (χ3n) is 3.18. The van der Waals surface area contributed by atoms with E-state index in [1.54, 1.807) is 0 Å². The van der Waals surface area contributed by atoms with E-state index in [1.807, 2.05) is 25.1 Å². The second-order valence-electron chi connectivity index (χ2n) is 5.02. The van der Waals surface area contributed by atoms with Crippen LogP contribution in [-0.2, 0) is 4.79 Å². The molecule has 1 amide bonds. The molecule has 0 aliphatic carbocycles. The van der Waals surface area contributed by atoms with E-state index < -0.39 is 0 Å². The number of amides is 1. The van der Waals surface area contributed by atoms with Gasteiger partial charge in [-0.2, -0.15) is 0 Å². The van der Waals surface area contributed by atoms with Crippen molar-refractivity contribution in [2.24, 2.45) is 5.73 Å². The molecule has 1 heterocycles. The number of nitrogens with one attached hydrogen (secondary N) is 1. The Morgan fingerprint density at radius 3 is 2.89 bits per heavy atom. The van der Waals surface area contributed by atoms with Crippen molar-refractivity contribution in [3.63, 3.8) is 0 Å². The van der Waals surface area contributed by atoms with E-state index in [0.29, 0.717) is 6.42 Å². The first-order valence-electron chi connectivity index (χ1n) is 6.50. The van der Waals surface area contributed by atoms with Crippen molar-refractivity contribution in [3.05, 3.63) is 30.3 Å². The van der Waals surface area contributed by atoms with Gasteiger partial charge in [0.1, 0.15) is 0 Å². The summed E-state index contributed by atoms with van der Waals surface area (Å²) in [7, 11) is 0. The second kappa shape index (κ2) is 5.87. The van der Waals surface area contributed by atoms with Gasteiger partial charge in [0.2, 0.25) is 5.91 Å². The van der Waals surface area contributed by atoms with Gasteiger partial charge in [0.15, 0.2) is 0 Å². The number of benzene rings is 1. The molecular weight excluding hydrogens is 226 g/mol. The van der Waals surface area contributed by atoms with Gasteiger partial charge in [-0.25, -0.2) is 0 Å². The average Bonchev–Trinajstić information content (AvgIpc) is 2.77. The molecule has 0 aromatic heterocycles. The quantitative estimate of drug-likeness (QED) is 0.838. The topological polar surface area (TPSA) is 58.4 Å². The van der Waals surface area contributed by atoms with Crippen LogP contribution >= 0.6 is 0 Å². The fourth-order valence-corrected chi connectivity index (χ4v) is 2.33. The van der Waals surface area contributed by atoms with Crippen LogP contribution in [0.15, 0.2) is 30.3 Å². The van der Waals surface area contributed by atoms with Crippen LogP contribution in [0, 0.1) is 0 Å². The number of hydrogen-bond donors (Lipinski definition) is 2. The zero-order valence-corrected chi connectivity index (χ0v) is 10.8. The van der Waals surface area contributed by atoms with Crippen LogP contribution in [0.4, 0.5) is 5.69 Å². The van der Waals surface area contributed by atoms with Gasteiger partial charge >= 0.3 is 0 Å². The van der Waals surface area contributed by atoms with Crippen molar-refractivity contribution in [2.45, 2.75) is 31.8 Å². The lowest BCUT2D eigenvalue weighted by Crippen LogP contribution is -2.39. The minimum atomic E-state index is -0.0726. The summed E-state index contributed by atoms with van der Waals surface area (Å²) >= 11 is 0. The smallest absolute Gasteiger partial charge is 0.221 e. The molecule has 1 saturated heterocycles. The Balaban J connectivity index is 1.84. The summed E-state index contributed by atoms with van der Waals surface area (Å²) in [6, 6.07) is 10.5. The number of nitrogens with two attached hydrogens (primary N) is 1. The van der Waals surface area contributed by atoms with Crippen molar-refractivity contribution in [3.8, 4) is 0 Å². The predicted molar refractivity (Wildman–Crippen MR) is 73.5 cm³/mol. The lowest BCUT2D eigenvalue weighted by atomic mass is 10.2. The number of anilines is 1. The van der Waals surface area contributed by atoms with Crippen LogP contribution in [0.25, 0.3) is 0 Å². The first-order valence-corrected chi connectivity index (χ1v) is 6.50. The maximum atomic E-state index is 11.6. The summed E-state index contributed by atoms with van der Waals surface area (Å²) in [6.07, 6.45) is 1.40. The minimum Gasteiger partial charge on any atom is -0.369 e. The van der Waals surface area contributed by atoms with E-state index in [1.165, 1.54) is 5.69 Å². The van der Waals surface area contributed by atoms with Gasteiger partial charge in [0, 0.05) is 37.3 Å². The summed E-state index contributed by atoms with van der Waals surface area (Å²) < 4.78 is 0. The fraction of sp³-hybridized carbons (Fsp3) is 0.500. The van der Waals surface area contributed by atoms with E-state index in [2.05, 4.69) is 22.3 Å². The highest BCUT2D eigenvalue weighted by molar-refractivity contribution is 5.77. The van der Waals surface area contributed by atoms with Crippen LogP contribution in [0.5, 0.6) is 0 Å². The summed E-state index contributed by atoms with van der Waals surface area (Å²) in [6.45, 7) is 3.73. The summed E-state index contributed by atoms with van der Waals surface area (Å²) in [4.78, 5) is 13.9. The van der Waals surface area contributed by atoms with Crippen molar-refractivity contribution >= 4 is 11.6 Å². The Labute approximate surface area is 108 Å². The Bertz CT molecular complexity index is 391. The number of carbonyl (C=O) groups excluding carboxylic acids is 1. The van der Waals surface area contributed by atoms with E-state index in [9.17, 15) is 4.79 Å². The molecule has 1 fully saturated rings. The molecule has 1 aliphatic heterocycles. The highest BCUT2D eigenvalue weighted by Crippen LogP contribution is 2.19. The van der Waals surface area contributed by atoms with Gasteiger partial charge in [-0.1, -0.05) is 18.2 Å². The lowest BCUT2D eigenvalue weighted by Gasteiger charge is -2.19. The standard InChI is InChI=1S/C14H21N3O/c1-11(15)9-14(18)16-12-7-8-17(10-12)13-5-3-2-4-6-13/h2-6,11-12H,7-10,15H2,1H3,(H,16,18). The molecule has 0 saturated carbocycles. The SMILES string of the molecule is CC(N)CC(=O)NC1CCN(c2ccccc2)C1. The normalized spacial score (nSPS) is 20.8. The van der Waals surface area contributed by atoms with Crippen molar-refractivity contribution in [1.82, 2.24) is 5.32 Å². The van der Waals surface area contributed by atoms with E-state index in [-0.39, 0.29) is 18.0 Å². The van der Waals surface area contributed by atoms with Gasteiger partial charge in [0.25, 0.3) is 0 Å². The predicted octanol–water partition coefficient (Wildman–Crippen LogP) is 1.12. The highest BCUT2D eigenvalue weighted by Gasteiger charge is 2.23. The molecule has 1 aliphatic rings. The minimum absolute atomic E-state index is 0.0601. The highest BCUT2D eigenvalue weighted by atomic mass is 16.1. The Morgan fingerprint density at radius 2 is 2.22 bits per heavy atom. The second-order valence-corrected chi connectivity index (χ2v) is 5.02. The number of para-hydroxylation sites is 1. The molecule has 1 aromatic carbocycles. The third-order valence-corrected chi connectivity index (χ3v) is 3.18. The molecule has 3 N–H and O–H groups in total. The van der Waals surface area contributed by atoms with E-state index in [4.69, 9.17) is 5.73 Å². The van der Waals surface area contributed by atoms with E-state index >= 15 is 0 Å². The number of rotatable bonds is 4. The Morgan fingerprint density at radius 1 is 1.50 bits per heavy atom.